The molecule has 2 aromatic rings. The van der Waals surface area contributed by atoms with Crippen molar-refractivity contribution in [3.63, 3.8) is 0 Å². The molecule has 0 aliphatic rings. The van der Waals surface area contributed by atoms with Gasteiger partial charge in [0.05, 0.1) is 17.0 Å². The number of rotatable bonds is 5. The topological polar surface area (TPSA) is 44.1 Å². The van der Waals surface area contributed by atoms with Crippen LogP contribution in [0, 0.1) is 6.92 Å². The van der Waals surface area contributed by atoms with E-state index in [-0.39, 0.29) is 5.78 Å². The van der Waals surface area contributed by atoms with Crippen LogP contribution in [0.3, 0.4) is 0 Å². The smallest absolute Gasteiger partial charge is 0.163 e. The summed E-state index contributed by atoms with van der Waals surface area (Å²) in [4.78, 5) is 11.6. The average molecular weight is 293 g/mol. The number of hydrogen-bond donors (Lipinski definition) is 0. The maximum absolute atomic E-state index is 11.6. The van der Waals surface area contributed by atoms with Gasteiger partial charge in [-0.3, -0.25) is 9.48 Å². The highest BCUT2D eigenvalue weighted by Crippen LogP contribution is 2.24. The van der Waals surface area contributed by atoms with Gasteiger partial charge in [0.1, 0.15) is 12.4 Å². The van der Waals surface area contributed by atoms with Gasteiger partial charge in [-0.2, -0.15) is 5.10 Å². The summed E-state index contributed by atoms with van der Waals surface area (Å²) in [5, 5.41) is 4.89. The summed E-state index contributed by atoms with van der Waals surface area (Å²) in [6, 6.07) is 7.04. The zero-order chi connectivity index (χ0) is 14.7. The predicted octanol–water partition coefficient (Wildman–Crippen LogP) is 3.65. The van der Waals surface area contributed by atoms with Crippen LogP contribution in [-0.2, 0) is 13.2 Å². The fourth-order valence-corrected chi connectivity index (χ4v) is 2.22. The van der Waals surface area contributed by atoms with Gasteiger partial charge in [-0.25, -0.2) is 0 Å². The summed E-state index contributed by atoms with van der Waals surface area (Å²) in [6.07, 6.45) is 0. The molecule has 0 N–H and O–H groups in total. The zero-order valence-electron chi connectivity index (χ0n) is 11.8. The lowest BCUT2D eigenvalue weighted by Crippen LogP contribution is -2.07. The van der Waals surface area contributed by atoms with E-state index in [2.05, 4.69) is 5.10 Å². The van der Waals surface area contributed by atoms with Crippen LogP contribution in [0.4, 0.5) is 0 Å². The first-order chi connectivity index (χ1) is 9.51. The van der Waals surface area contributed by atoms with E-state index in [0.717, 1.165) is 17.9 Å². The Hall–Kier alpha value is -1.81. The van der Waals surface area contributed by atoms with Gasteiger partial charge < -0.3 is 4.74 Å². The van der Waals surface area contributed by atoms with Gasteiger partial charge in [0.15, 0.2) is 5.78 Å². The molecule has 0 aliphatic heterocycles. The molecule has 20 heavy (non-hydrogen) atoms. The molecular formula is C15H17ClN2O2. The molecule has 0 atom stereocenters. The van der Waals surface area contributed by atoms with Gasteiger partial charge in [-0.15, -0.1) is 0 Å². The molecule has 0 spiro atoms. The number of ether oxygens (including phenoxy) is 1. The average Bonchev–Trinajstić information content (AvgIpc) is 2.77. The van der Waals surface area contributed by atoms with E-state index >= 15 is 0 Å². The Morgan fingerprint density at radius 2 is 2.15 bits per heavy atom. The van der Waals surface area contributed by atoms with E-state index in [1.54, 1.807) is 18.2 Å². The van der Waals surface area contributed by atoms with E-state index in [1.165, 1.54) is 6.92 Å². The van der Waals surface area contributed by atoms with Crippen LogP contribution in [0.1, 0.15) is 35.6 Å². The molecule has 0 saturated carbocycles. The summed E-state index contributed by atoms with van der Waals surface area (Å²) in [7, 11) is 0. The number of aromatic nitrogens is 2. The third kappa shape index (κ3) is 3.20. The minimum Gasteiger partial charge on any atom is -0.487 e. The van der Waals surface area contributed by atoms with Crippen molar-refractivity contribution in [3.05, 3.63) is 46.2 Å². The number of benzene rings is 1. The number of halogens is 1. The van der Waals surface area contributed by atoms with Gasteiger partial charge in [-0.05, 0) is 45.0 Å². The van der Waals surface area contributed by atoms with Gasteiger partial charge in [-0.1, -0.05) is 11.6 Å². The molecule has 5 heteroatoms. The summed E-state index contributed by atoms with van der Waals surface area (Å²) < 4.78 is 7.64. The molecule has 0 radical (unpaired) electrons. The van der Waals surface area contributed by atoms with Crippen LogP contribution in [0.15, 0.2) is 24.3 Å². The van der Waals surface area contributed by atoms with Crippen molar-refractivity contribution in [2.24, 2.45) is 0 Å². The largest absolute Gasteiger partial charge is 0.487 e. The summed E-state index contributed by atoms with van der Waals surface area (Å²) in [5.74, 6) is 0.478. The lowest BCUT2D eigenvalue weighted by molar-refractivity contribution is 0.101. The zero-order valence-corrected chi connectivity index (χ0v) is 12.6. The quantitative estimate of drug-likeness (QED) is 0.790. The first kappa shape index (κ1) is 14.6. The molecule has 2 rings (SSSR count). The van der Waals surface area contributed by atoms with Crippen LogP contribution in [0.25, 0.3) is 0 Å². The highest BCUT2D eigenvalue weighted by molar-refractivity contribution is 6.31. The number of hydrogen-bond acceptors (Lipinski definition) is 3. The summed E-state index contributed by atoms with van der Waals surface area (Å²) in [6.45, 7) is 6.63. The fourth-order valence-electron chi connectivity index (χ4n) is 2.04. The second-order valence-corrected chi connectivity index (χ2v) is 5.01. The van der Waals surface area contributed by atoms with Crippen LogP contribution in [-0.4, -0.2) is 15.6 Å². The van der Waals surface area contributed by atoms with Crippen molar-refractivity contribution in [2.75, 3.05) is 0 Å². The van der Waals surface area contributed by atoms with Gasteiger partial charge in [0.25, 0.3) is 0 Å². The standard InChI is InChI=1S/C15H17ClN2O2/c1-4-18-13(7-10(2)17-18)9-20-15-6-5-12(16)8-14(15)11(3)19/h5-8H,4,9H2,1-3H3. The number of carbonyl (C=O) groups is 1. The first-order valence-electron chi connectivity index (χ1n) is 6.48. The van der Waals surface area contributed by atoms with Crippen LogP contribution >= 0.6 is 11.6 Å². The second kappa shape index (κ2) is 6.09. The maximum atomic E-state index is 11.6. The Balaban J connectivity index is 2.20. The predicted molar refractivity (Wildman–Crippen MR) is 78.4 cm³/mol. The summed E-state index contributed by atoms with van der Waals surface area (Å²) in [5.41, 5.74) is 2.43. The molecule has 0 fully saturated rings. The Kier molecular flexibility index (Phi) is 4.45. The fraction of sp³-hybridized carbons (Fsp3) is 0.333. The van der Waals surface area contributed by atoms with Gasteiger partial charge >= 0.3 is 0 Å². The third-order valence-corrected chi connectivity index (χ3v) is 3.22. The van der Waals surface area contributed by atoms with Gasteiger partial charge in [0.2, 0.25) is 0 Å². The summed E-state index contributed by atoms with van der Waals surface area (Å²) >= 11 is 5.91. The second-order valence-electron chi connectivity index (χ2n) is 4.58. The molecule has 1 heterocycles. The van der Waals surface area contributed by atoms with E-state index in [9.17, 15) is 4.79 Å². The van der Waals surface area contributed by atoms with Crippen LogP contribution in [0.2, 0.25) is 5.02 Å². The van der Waals surface area contributed by atoms with Crippen LogP contribution < -0.4 is 4.74 Å². The SMILES string of the molecule is CCn1nc(C)cc1COc1ccc(Cl)cc1C(C)=O. The molecule has 0 bridgehead atoms. The van der Waals surface area contributed by atoms with Crippen molar-refractivity contribution >= 4 is 17.4 Å². The Morgan fingerprint density at radius 3 is 2.80 bits per heavy atom. The lowest BCUT2D eigenvalue weighted by atomic mass is 10.1. The van der Waals surface area contributed by atoms with Gasteiger partial charge in [0, 0.05) is 11.6 Å². The molecular weight excluding hydrogens is 276 g/mol. The minimum atomic E-state index is -0.0670. The lowest BCUT2D eigenvalue weighted by Gasteiger charge is -2.11. The molecule has 1 aromatic heterocycles. The van der Waals surface area contributed by atoms with E-state index < -0.39 is 0 Å². The molecule has 4 nitrogen and oxygen atoms in total. The van der Waals surface area contributed by atoms with Crippen molar-refractivity contribution in [3.8, 4) is 5.75 Å². The van der Waals surface area contributed by atoms with Crippen molar-refractivity contribution in [2.45, 2.75) is 33.9 Å². The highest BCUT2D eigenvalue weighted by atomic mass is 35.5. The van der Waals surface area contributed by atoms with Crippen molar-refractivity contribution in [1.82, 2.24) is 9.78 Å². The third-order valence-electron chi connectivity index (χ3n) is 2.98. The number of carbonyl (C=O) groups excluding carboxylic acids is 1. The molecule has 0 aliphatic carbocycles. The van der Waals surface area contributed by atoms with Crippen molar-refractivity contribution in [1.29, 1.82) is 0 Å². The first-order valence-corrected chi connectivity index (χ1v) is 6.85. The van der Waals surface area contributed by atoms with Crippen molar-refractivity contribution < 1.29 is 9.53 Å². The number of aryl methyl sites for hydroxylation is 2. The number of ketones is 1. The molecule has 106 valence electrons. The van der Waals surface area contributed by atoms with Crippen LogP contribution in [0.5, 0.6) is 5.75 Å². The molecule has 0 saturated heterocycles. The minimum absolute atomic E-state index is 0.0670. The maximum Gasteiger partial charge on any atom is 0.163 e. The Bertz CT molecular complexity index is 635. The number of nitrogens with zero attached hydrogens (tertiary/aromatic N) is 2. The van der Waals surface area contributed by atoms with E-state index in [1.807, 2.05) is 24.6 Å². The Labute approximate surface area is 123 Å². The highest BCUT2D eigenvalue weighted by Gasteiger charge is 2.11. The van der Waals surface area contributed by atoms with E-state index in [0.29, 0.717) is 22.9 Å². The number of Topliss-reactive ketones (excluding diaryl/α,β-unsaturated/α-hetero) is 1. The molecule has 0 amide bonds. The Morgan fingerprint density at radius 1 is 1.40 bits per heavy atom. The molecule has 1 aromatic carbocycles. The van der Waals surface area contributed by atoms with E-state index in [4.69, 9.17) is 16.3 Å². The monoisotopic (exact) mass is 292 g/mol. The molecule has 0 unspecified atom stereocenters. The normalized spacial score (nSPS) is 10.6.